The van der Waals surface area contributed by atoms with E-state index in [-0.39, 0.29) is 23.4 Å². The molecule has 0 aromatic carbocycles. The molecule has 0 unspecified atom stereocenters. The zero-order valence-electron chi connectivity index (χ0n) is 9.55. The second-order valence-electron chi connectivity index (χ2n) is 3.72. The first kappa shape index (κ1) is 13.9. The van der Waals surface area contributed by atoms with Gasteiger partial charge in [0.25, 0.3) is 5.91 Å². The fourth-order valence-electron chi connectivity index (χ4n) is 1.16. The van der Waals surface area contributed by atoms with Crippen molar-refractivity contribution in [3.8, 4) is 0 Å². The largest absolute Gasteiger partial charge is 0.341 e. The number of hydrogen-bond acceptors (Lipinski definition) is 4. The van der Waals surface area contributed by atoms with E-state index in [1.807, 2.05) is 0 Å². The van der Waals surface area contributed by atoms with Gasteiger partial charge < -0.3 is 4.90 Å². The van der Waals surface area contributed by atoms with Gasteiger partial charge in [-0.25, -0.2) is 13.4 Å². The summed E-state index contributed by atoms with van der Waals surface area (Å²) >= 11 is 5.67. The maximum Gasteiger partial charge on any atom is 0.253 e. The number of carbonyl (C=O) groups excluding carboxylic acids is 1. The van der Waals surface area contributed by atoms with Crippen molar-refractivity contribution < 1.29 is 13.2 Å². The highest BCUT2D eigenvalue weighted by Gasteiger charge is 2.14. The number of amides is 1. The van der Waals surface area contributed by atoms with Gasteiger partial charge in [0, 0.05) is 31.6 Å². The summed E-state index contributed by atoms with van der Waals surface area (Å²) in [6.45, 7) is 0.150. The Morgan fingerprint density at radius 2 is 2.18 bits per heavy atom. The third kappa shape index (κ3) is 4.70. The molecule has 0 N–H and O–H groups in total. The molecule has 0 fully saturated rings. The van der Waals surface area contributed by atoms with Crippen LogP contribution in [-0.2, 0) is 9.84 Å². The molecule has 1 aromatic rings. The van der Waals surface area contributed by atoms with Crippen LogP contribution in [0.25, 0.3) is 0 Å². The first-order chi connectivity index (χ1) is 7.79. The number of pyridine rings is 1. The minimum Gasteiger partial charge on any atom is -0.341 e. The highest BCUT2D eigenvalue weighted by Crippen LogP contribution is 2.09. The molecule has 0 bridgehead atoms. The molecule has 5 nitrogen and oxygen atoms in total. The molecule has 17 heavy (non-hydrogen) atoms. The van der Waals surface area contributed by atoms with E-state index in [1.54, 1.807) is 7.05 Å². The first-order valence-electron chi connectivity index (χ1n) is 4.84. The van der Waals surface area contributed by atoms with Gasteiger partial charge in [-0.05, 0) is 12.1 Å². The van der Waals surface area contributed by atoms with E-state index in [1.165, 1.54) is 23.2 Å². The summed E-state index contributed by atoms with van der Waals surface area (Å²) < 4.78 is 22.0. The molecule has 1 rings (SSSR count). The van der Waals surface area contributed by atoms with Gasteiger partial charge in [-0.15, -0.1) is 0 Å². The average Bonchev–Trinajstić information content (AvgIpc) is 2.24. The van der Waals surface area contributed by atoms with Crippen LogP contribution in [0.5, 0.6) is 0 Å². The molecule has 0 saturated carbocycles. The summed E-state index contributed by atoms with van der Waals surface area (Å²) in [6, 6.07) is 2.98. The van der Waals surface area contributed by atoms with Crippen molar-refractivity contribution in [2.75, 3.05) is 25.6 Å². The van der Waals surface area contributed by atoms with E-state index in [0.717, 1.165) is 6.26 Å². The van der Waals surface area contributed by atoms with E-state index in [4.69, 9.17) is 11.6 Å². The SMILES string of the molecule is CN(CCS(C)(=O)=O)C(=O)c1ccnc(Cl)c1. The van der Waals surface area contributed by atoms with Gasteiger partial charge in [-0.2, -0.15) is 0 Å². The second-order valence-corrected chi connectivity index (χ2v) is 6.37. The lowest BCUT2D eigenvalue weighted by Gasteiger charge is -2.16. The predicted octanol–water partition coefficient (Wildman–Crippen LogP) is 0.852. The molecule has 1 amide bonds. The maximum absolute atomic E-state index is 11.9. The zero-order chi connectivity index (χ0) is 13.1. The molecule has 0 aliphatic heterocycles. The Hall–Kier alpha value is -1.14. The fourth-order valence-corrected chi connectivity index (χ4v) is 1.94. The van der Waals surface area contributed by atoms with E-state index in [0.29, 0.717) is 5.56 Å². The Kier molecular flexibility index (Phi) is 4.47. The number of rotatable bonds is 4. The molecule has 94 valence electrons. The van der Waals surface area contributed by atoms with Crippen molar-refractivity contribution in [2.24, 2.45) is 0 Å². The lowest BCUT2D eigenvalue weighted by Crippen LogP contribution is -2.31. The fraction of sp³-hybridized carbons (Fsp3) is 0.400. The third-order valence-electron chi connectivity index (χ3n) is 2.12. The van der Waals surface area contributed by atoms with Gasteiger partial charge in [0.1, 0.15) is 15.0 Å². The Morgan fingerprint density at radius 1 is 1.53 bits per heavy atom. The normalized spacial score (nSPS) is 11.2. The van der Waals surface area contributed by atoms with Crippen molar-refractivity contribution >= 4 is 27.3 Å². The van der Waals surface area contributed by atoms with Crippen LogP contribution < -0.4 is 0 Å². The Morgan fingerprint density at radius 3 is 2.71 bits per heavy atom. The summed E-state index contributed by atoms with van der Waals surface area (Å²) in [4.78, 5) is 17.0. The van der Waals surface area contributed by atoms with Crippen molar-refractivity contribution in [1.29, 1.82) is 0 Å². The second kappa shape index (κ2) is 5.46. The number of nitrogens with zero attached hydrogens (tertiary/aromatic N) is 2. The molecule has 1 heterocycles. The summed E-state index contributed by atoms with van der Waals surface area (Å²) in [5, 5.41) is 0.229. The summed E-state index contributed by atoms with van der Waals surface area (Å²) in [5.74, 6) is -0.341. The van der Waals surface area contributed by atoms with Crippen LogP contribution in [0.3, 0.4) is 0 Å². The Bertz CT molecular complexity index is 516. The predicted molar refractivity (Wildman–Crippen MR) is 65.9 cm³/mol. The van der Waals surface area contributed by atoms with Gasteiger partial charge in [0.15, 0.2) is 0 Å². The third-order valence-corrected chi connectivity index (χ3v) is 3.25. The summed E-state index contributed by atoms with van der Waals surface area (Å²) in [7, 11) is -1.53. The maximum atomic E-state index is 11.9. The molecule has 0 spiro atoms. The molecule has 0 atom stereocenters. The standard InChI is InChI=1S/C10H13ClN2O3S/c1-13(5-6-17(2,15)16)10(14)8-3-4-12-9(11)7-8/h3-4,7H,5-6H2,1-2H3. The van der Waals surface area contributed by atoms with Gasteiger partial charge >= 0.3 is 0 Å². The average molecular weight is 277 g/mol. The highest BCUT2D eigenvalue weighted by molar-refractivity contribution is 7.90. The van der Waals surface area contributed by atoms with Crippen LogP contribution in [0.15, 0.2) is 18.3 Å². The lowest BCUT2D eigenvalue weighted by molar-refractivity contribution is 0.0803. The monoisotopic (exact) mass is 276 g/mol. The van der Waals surface area contributed by atoms with Crippen LogP contribution >= 0.6 is 11.6 Å². The van der Waals surface area contributed by atoms with Gasteiger partial charge in [-0.1, -0.05) is 11.6 Å². The number of sulfone groups is 1. The van der Waals surface area contributed by atoms with Crippen molar-refractivity contribution in [3.05, 3.63) is 29.0 Å². The molecule has 0 aliphatic rings. The van der Waals surface area contributed by atoms with Gasteiger partial charge in [-0.3, -0.25) is 4.79 Å². The van der Waals surface area contributed by atoms with Crippen LogP contribution in [0.1, 0.15) is 10.4 Å². The Balaban J connectivity index is 2.70. The van der Waals surface area contributed by atoms with E-state index >= 15 is 0 Å². The molecule has 1 aromatic heterocycles. The molecule has 0 radical (unpaired) electrons. The van der Waals surface area contributed by atoms with E-state index in [2.05, 4.69) is 4.98 Å². The zero-order valence-corrected chi connectivity index (χ0v) is 11.1. The van der Waals surface area contributed by atoms with Gasteiger partial charge in [0.05, 0.1) is 5.75 Å². The topological polar surface area (TPSA) is 67.3 Å². The van der Waals surface area contributed by atoms with E-state index < -0.39 is 9.84 Å². The van der Waals surface area contributed by atoms with Crippen molar-refractivity contribution in [1.82, 2.24) is 9.88 Å². The summed E-state index contributed by atoms with van der Waals surface area (Å²) in [5.41, 5.74) is 0.390. The minimum absolute atomic E-state index is 0.0615. The number of hydrogen-bond donors (Lipinski definition) is 0. The highest BCUT2D eigenvalue weighted by atomic mass is 35.5. The Labute approximate surface area is 105 Å². The molecular formula is C10H13ClN2O3S. The van der Waals surface area contributed by atoms with Crippen molar-refractivity contribution in [3.63, 3.8) is 0 Å². The van der Waals surface area contributed by atoms with Gasteiger partial charge in [0.2, 0.25) is 0 Å². The van der Waals surface area contributed by atoms with E-state index in [9.17, 15) is 13.2 Å². The molecule has 0 saturated heterocycles. The number of carbonyl (C=O) groups is 1. The smallest absolute Gasteiger partial charge is 0.253 e. The first-order valence-corrected chi connectivity index (χ1v) is 7.28. The summed E-state index contributed by atoms with van der Waals surface area (Å²) in [6.07, 6.45) is 2.56. The van der Waals surface area contributed by atoms with Crippen LogP contribution in [0, 0.1) is 0 Å². The van der Waals surface area contributed by atoms with Crippen LogP contribution in [-0.4, -0.2) is 49.8 Å². The molecule has 0 aliphatic carbocycles. The number of halogens is 1. The van der Waals surface area contributed by atoms with Crippen LogP contribution in [0.2, 0.25) is 5.15 Å². The molecule has 7 heteroatoms. The quantitative estimate of drug-likeness (QED) is 0.765. The van der Waals surface area contributed by atoms with Crippen molar-refractivity contribution in [2.45, 2.75) is 0 Å². The molecular weight excluding hydrogens is 264 g/mol. The van der Waals surface area contributed by atoms with Crippen LogP contribution in [0.4, 0.5) is 0 Å². The minimum atomic E-state index is -3.08. The lowest BCUT2D eigenvalue weighted by atomic mass is 10.2. The number of aromatic nitrogens is 1.